The molecule has 4 unspecified atom stereocenters. The molecule has 0 spiro atoms. The number of esters is 1. The number of carbonyl (C=O) groups excluding carboxylic acids is 1. The minimum atomic E-state index is -1.24. The molecule has 9 nitrogen and oxygen atoms in total. The molecule has 0 amide bonds. The molecule has 1 aliphatic carbocycles. The van der Waals surface area contributed by atoms with Gasteiger partial charge in [-0.05, 0) is 25.8 Å². The smallest absolute Gasteiger partial charge is 0.303 e. The van der Waals surface area contributed by atoms with E-state index >= 15 is 0 Å². The molecule has 164 valence electrons. The van der Waals surface area contributed by atoms with Gasteiger partial charge in [-0.2, -0.15) is 0 Å². The third-order valence-electron chi connectivity index (χ3n) is 5.74. The summed E-state index contributed by atoms with van der Waals surface area (Å²) in [4.78, 5) is 11.5. The van der Waals surface area contributed by atoms with Crippen LogP contribution in [0.4, 0.5) is 0 Å². The van der Waals surface area contributed by atoms with E-state index in [2.05, 4.69) is 5.32 Å². The predicted molar refractivity (Wildman–Crippen MR) is 99.2 cm³/mol. The van der Waals surface area contributed by atoms with Gasteiger partial charge in [0.2, 0.25) is 0 Å². The zero-order valence-corrected chi connectivity index (χ0v) is 17.2. The van der Waals surface area contributed by atoms with Crippen LogP contribution in [-0.2, 0) is 19.0 Å². The van der Waals surface area contributed by atoms with Crippen molar-refractivity contribution in [2.45, 2.75) is 96.1 Å². The van der Waals surface area contributed by atoms with E-state index in [-0.39, 0.29) is 12.0 Å². The average Bonchev–Trinajstić information content (AvgIpc) is 2.61. The Bertz CT molecular complexity index is 518. The third-order valence-corrected chi connectivity index (χ3v) is 5.74. The largest absolute Gasteiger partial charge is 0.458 e. The first-order valence-corrected chi connectivity index (χ1v) is 10.0. The van der Waals surface area contributed by atoms with Crippen molar-refractivity contribution in [2.24, 2.45) is 11.8 Å². The standard InChI is InChI=1S/C19H35NO8/c1-6-20-12-7-8(2)16(15(25)18(12)26-11(5)22)27-19-9(3)13(23)14(24)17(28-19)10(4)21/h8-10,12-21,23-25H,6-7H2,1-5H3/t8?,9?,10-,12+,13+,14+,15-,16-,17?,18?,19+/m0/s1. The van der Waals surface area contributed by atoms with Gasteiger partial charge in [0.1, 0.15) is 24.4 Å². The van der Waals surface area contributed by atoms with E-state index in [9.17, 15) is 25.2 Å². The fraction of sp³-hybridized carbons (Fsp3) is 0.947. The molecule has 9 heteroatoms. The summed E-state index contributed by atoms with van der Waals surface area (Å²) >= 11 is 0. The zero-order valence-electron chi connectivity index (χ0n) is 17.2. The maximum Gasteiger partial charge on any atom is 0.303 e. The van der Waals surface area contributed by atoms with Gasteiger partial charge in [0, 0.05) is 18.9 Å². The first kappa shape index (κ1) is 23.5. The van der Waals surface area contributed by atoms with Crippen LogP contribution in [0.15, 0.2) is 0 Å². The van der Waals surface area contributed by atoms with Crippen molar-refractivity contribution < 1.29 is 39.4 Å². The molecule has 0 radical (unpaired) electrons. The summed E-state index contributed by atoms with van der Waals surface area (Å²) in [5.74, 6) is -1.16. The van der Waals surface area contributed by atoms with E-state index in [4.69, 9.17) is 14.2 Å². The normalized spacial score (nSPS) is 45.5. The maximum atomic E-state index is 11.5. The van der Waals surface area contributed by atoms with E-state index in [0.717, 1.165) is 0 Å². The molecular formula is C19H35NO8. The highest BCUT2D eigenvalue weighted by atomic mass is 16.7. The van der Waals surface area contributed by atoms with Crippen molar-refractivity contribution >= 4 is 5.97 Å². The number of hydrogen-bond donors (Lipinski definition) is 5. The summed E-state index contributed by atoms with van der Waals surface area (Å²) in [5.41, 5.74) is 0. The van der Waals surface area contributed by atoms with Crippen LogP contribution in [0.3, 0.4) is 0 Å². The van der Waals surface area contributed by atoms with Crippen molar-refractivity contribution in [1.82, 2.24) is 5.32 Å². The van der Waals surface area contributed by atoms with E-state index in [0.29, 0.717) is 13.0 Å². The van der Waals surface area contributed by atoms with Crippen molar-refractivity contribution in [3.8, 4) is 0 Å². The summed E-state index contributed by atoms with van der Waals surface area (Å²) < 4.78 is 17.1. The number of likely N-dealkylation sites (N-methyl/N-ethyl adjacent to an activating group) is 1. The molecule has 0 aromatic carbocycles. The first-order valence-electron chi connectivity index (χ1n) is 10.0. The van der Waals surface area contributed by atoms with Gasteiger partial charge in [-0.1, -0.05) is 20.8 Å². The van der Waals surface area contributed by atoms with Crippen molar-refractivity contribution in [1.29, 1.82) is 0 Å². The van der Waals surface area contributed by atoms with Crippen LogP contribution in [0.5, 0.6) is 0 Å². The summed E-state index contributed by atoms with van der Waals surface area (Å²) in [7, 11) is 0. The molecule has 0 bridgehead atoms. The van der Waals surface area contributed by atoms with Gasteiger partial charge in [-0.15, -0.1) is 0 Å². The van der Waals surface area contributed by atoms with Crippen molar-refractivity contribution in [2.75, 3.05) is 6.54 Å². The summed E-state index contributed by atoms with van der Waals surface area (Å²) in [5, 5.41) is 44.4. The van der Waals surface area contributed by atoms with Gasteiger partial charge in [0.25, 0.3) is 0 Å². The number of hydrogen-bond acceptors (Lipinski definition) is 9. The molecule has 0 aromatic rings. The number of nitrogens with one attached hydrogen (secondary N) is 1. The van der Waals surface area contributed by atoms with Gasteiger partial charge in [0.15, 0.2) is 6.29 Å². The minimum Gasteiger partial charge on any atom is -0.458 e. The Morgan fingerprint density at radius 2 is 1.82 bits per heavy atom. The Morgan fingerprint density at radius 1 is 1.18 bits per heavy atom. The van der Waals surface area contributed by atoms with Crippen LogP contribution in [0, 0.1) is 11.8 Å². The summed E-state index contributed by atoms with van der Waals surface area (Å²) in [6.07, 6.45) is -7.31. The van der Waals surface area contributed by atoms with Crippen LogP contribution in [0.25, 0.3) is 0 Å². The molecule has 2 rings (SSSR count). The highest BCUT2D eigenvalue weighted by molar-refractivity contribution is 5.66. The molecule has 11 atom stereocenters. The third kappa shape index (κ3) is 5.02. The van der Waals surface area contributed by atoms with E-state index in [1.165, 1.54) is 13.8 Å². The van der Waals surface area contributed by atoms with Gasteiger partial charge >= 0.3 is 5.97 Å². The van der Waals surface area contributed by atoms with Crippen LogP contribution < -0.4 is 5.32 Å². The molecule has 2 aliphatic rings. The van der Waals surface area contributed by atoms with Crippen LogP contribution >= 0.6 is 0 Å². The molecule has 2 fully saturated rings. The lowest BCUT2D eigenvalue weighted by Crippen LogP contribution is -2.62. The summed E-state index contributed by atoms with van der Waals surface area (Å²) in [6, 6.07) is -0.207. The lowest BCUT2D eigenvalue weighted by Gasteiger charge is -2.47. The molecule has 1 heterocycles. The Balaban J connectivity index is 2.17. The molecule has 0 aromatic heterocycles. The maximum absolute atomic E-state index is 11.5. The minimum absolute atomic E-state index is 0.0874. The Hall–Kier alpha value is -0.810. The van der Waals surface area contributed by atoms with E-state index in [1.807, 2.05) is 13.8 Å². The Kier molecular flexibility index (Phi) is 8.21. The second-order valence-corrected chi connectivity index (χ2v) is 8.09. The molecule has 5 N–H and O–H groups in total. The molecule has 1 saturated heterocycles. The molecule has 1 saturated carbocycles. The van der Waals surface area contributed by atoms with Crippen LogP contribution in [-0.4, -0.2) is 88.0 Å². The molecule has 1 aliphatic heterocycles. The fourth-order valence-corrected chi connectivity index (χ4v) is 4.19. The number of ether oxygens (including phenoxy) is 3. The van der Waals surface area contributed by atoms with Gasteiger partial charge < -0.3 is 40.0 Å². The summed E-state index contributed by atoms with van der Waals surface area (Å²) in [6.45, 7) is 8.94. The Labute approximate surface area is 166 Å². The van der Waals surface area contributed by atoms with E-state index < -0.39 is 60.9 Å². The highest BCUT2D eigenvalue weighted by Gasteiger charge is 2.49. The van der Waals surface area contributed by atoms with Crippen LogP contribution in [0.1, 0.15) is 41.0 Å². The van der Waals surface area contributed by atoms with Gasteiger partial charge in [-0.3, -0.25) is 4.79 Å². The molecule has 28 heavy (non-hydrogen) atoms. The predicted octanol–water partition coefficient (Wildman–Crippen LogP) is -0.854. The van der Waals surface area contributed by atoms with Crippen molar-refractivity contribution in [3.63, 3.8) is 0 Å². The SMILES string of the molecule is CCN[C@@H]1CC(C)[C@H](O[C@@H]2OC([C@H](C)O)[C@H](O)[C@H](O)C2C)[C@H](O)C1OC(C)=O. The zero-order chi connectivity index (χ0) is 21.2. The highest BCUT2D eigenvalue weighted by Crippen LogP contribution is 2.35. The topological polar surface area (TPSA) is 138 Å². The number of rotatable bonds is 6. The number of aliphatic hydroxyl groups is 4. The van der Waals surface area contributed by atoms with Gasteiger partial charge in [0.05, 0.1) is 18.3 Å². The van der Waals surface area contributed by atoms with Gasteiger partial charge in [-0.25, -0.2) is 0 Å². The van der Waals surface area contributed by atoms with Crippen molar-refractivity contribution in [3.05, 3.63) is 0 Å². The van der Waals surface area contributed by atoms with E-state index in [1.54, 1.807) is 6.92 Å². The second kappa shape index (κ2) is 9.80. The average molecular weight is 405 g/mol. The first-order chi connectivity index (χ1) is 13.1. The Morgan fingerprint density at radius 3 is 2.36 bits per heavy atom. The monoisotopic (exact) mass is 405 g/mol. The fourth-order valence-electron chi connectivity index (χ4n) is 4.19. The lowest BCUT2D eigenvalue weighted by atomic mass is 9.80. The number of carbonyl (C=O) groups is 1. The molecular weight excluding hydrogens is 370 g/mol. The quantitative estimate of drug-likeness (QED) is 0.358. The second-order valence-electron chi connectivity index (χ2n) is 8.09. The lowest BCUT2D eigenvalue weighted by molar-refractivity contribution is -0.319. The van der Waals surface area contributed by atoms with Crippen LogP contribution in [0.2, 0.25) is 0 Å². The number of aliphatic hydroxyl groups excluding tert-OH is 4.